The van der Waals surface area contributed by atoms with Crippen molar-refractivity contribution in [2.24, 2.45) is 0 Å². The summed E-state index contributed by atoms with van der Waals surface area (Å²) in [5.74, 6) is -1.11. The standard InChI is InChI=1S/C13H18N2O4S/c1-4-19-12(17)8-15(3)11(16)7-14-13(18)10-6-5-9(2)20-10/h5-6H,4,7-8H2,1-3H3,(H,14,18). The van der Waals surface area contributed by atoms with E-state index in [1.54, 1.807) is 13.0 Å². The lowest BCUT2D eigenvalue weighted by atomic mass is 10.4. The van der Waals surface area contributed by atoms with Crippen LogP contribution in [0.3, 0.4) is 0 Å². The minimum Gasteiger partial charge on any atom is -0.465 e. The summed E-state index contributed by atoms with van der Waals surface area (Å²) in [7, 11) is 1.49. The highest BCUT2D eigenvalue weighted by molar-refractivity contribution is 7.13. The van der Waals surface area contributed by atoms with Gasteiger partial charge in [0.2, 0.25) is 5.91 Å². The fourth-order valence-electron chi connectivity index (χ4n) is 1.42. The Labute approximate surface area is 121 Å². The molecule has 0 aliphatic heterocycles. The number of hydrogen-bond donors (Lipinski definition) is 1. The van der Waals surface area contributed by atoms with Crippen LogP contribution in [-0.4, -0.2) is 49.4 Å². The number of nitrogens with zero attached hydrogens (tertiary/aromatic N) is 1. The first kappa shape index (κ1) is 16.2. The lowest BCUT2D eigenvalue weighted by molar-refractivity contribution is -0.147. The van der Waals surface area contributed by atoms with Crippen molar-refractivity contribution >= 4 is 29.1 Å². The third kappa shape index (κ3) is 5.00. The van der Waals surface area contributed by atoms with Gasteiger partial charge in [-0.1, -0.05) is 0 Å². The van der Waals surface area contributed by atoms with Crippen LogP contribution in [0.4, 0.5) is 0 Å². The second kappa shape index (κ2) is 7.64. The molecule has 7 heteroatoms. The predicted octanol–water partition coefficient (Wildman–Crippen LogP) is 0.808. The summed E-state index contributed by atoms with van der Waals surface area (Å²) < 4.78 is 4.74. The average Bonchev–Trinajstić information content (AvgIpc) is 2.82. The molecular weight excluding hydrogens is 280 g/mol. The molecular formula is C13H18N2O4S. The maximum absolute atomic E-state index is 11.7. The summed E-state index contributed by atoms with van der Waals surface area (Å²) in [5.41, 5.74) is 0. The molecule has 2 amide bonds. The first-order chi connectivity index (χ1) is 9.43. The summed E-state index contributed by atoms with van der Waals surface area (Å²) in [5, 5.41) is 2.53. The van der Waals surface area contributed by atoms with Crippen LogP contribution in [0.15, 0.2) is 12.1 Å². The summed E-state index contributed by atoms with van der Waals surface area (Å²) in [6, 6.07) is 3.55. The second-order valence-corrected chi connectivity index (χ2v) is 5.44. The van der Waals surface area contributed by atoms with Crippen LogP contribution in [0.2, 0.25) is 0 Å². The van der Waals surface area contributed by atoms with Crippen molar-refractivity contribution < 1.29 is 19.1 Å². The van der Waals surface area contributed by atoms with E-state index < -0.39 is 5.97 Å². The van der Waals surface area contributed by atoms with E-state index in [-0.39, 0.29) is 31.5 Å². The van der Waals surface area contributed by atoms with Gasteiger partial charge < -0.3 is 15.0 Å². The molecule has 0 aliphatic rings. The Morgan fingerprint density at radius 2 is 2.05 bits per heavy atom. The largest absolute Gasteiger partial charge is 0.465 e. The van der Waals surface area contributed by atoms with Crippen LogP contribution in [0.5, 0.6) is 0 Å². The molecule has 1 rings (SSSR count). The number of ether oxygens (including phenoxy) is 1. The van der Waals surface area contributed by atoms with Gasteiger partial charge in [0.05, 0.1) is 18.0 Å². The molecule has 6 nitrogen and oxygen atoms in total. The molecule has 0 radical (unpaired) electrons. The molecule has 1 N–H and O–H groups in total. The van der Waals surface area contributed by atoms with Gasteiger partial charge in [-0.05, 0) is 26.0 Å². The summed E-state index contributed by atoms with van der Waals surface area (Å²) in [6.45, 7) is 3.60. The molecule has 0 atom stereocenters. The van der Waals surface area contributed by atoms with E-state index >= 15 is 0 Å². The van der Waals surface area contributed by atoms with Gasteiger partial charge >= 0.3 is 5.97 Å². The Morgan fingerprint density at radius 3 is 2.60 bits per heavy atom. The van der Waals surface area contributed by atoms with E-state index in [0.717, 1.165) is 4.88 Å². The number of carbonyl (C=O) groups is 3. The van der Waals surface area contributed by atoms with Crippen LogP contribution in [-0.2, 0) is 14.3 Å². The molecule has 0 saturated heterocycles. The van der Waals surface area contributed by atoms with Gasteiger partial charge in [0, 0.05) is 11.9 Å². The zero-order valence-corrected chi connectivity index (χ0v) is 12.6. The molecule has 0 spiro atoms. The Kier molecular flexibility index (Phi) is 6.17. The van der Waals surface area contributed by atoms with Crippen molar-refractivity contribution in [3.05, 3.63) is 21.9 Å². The minimum atomic E-state index is -0.469. The maximum atomic E-state index is 11.7. The molecule has 0 fully saturated rings. The van der Waals surface area contributed by atoms with E-state index in [0.29, 0.717) is 4.88 Å². The molecule has 110 valence electrons. The topological polar surface area (TPSA) is 75.7 Å². The van der Waals surface area contributed by atoms with Crippen molar-refractivity contribution in [3.63, 3.8) is 0 Å². The highest BCUT2D eigenvalue weighted by atomic mass is 32.1. The van der Waals surface area contributed by atoms with Crippen molar-refractivity contribution in [2.45, 2.75) is 13.8 Å². The zero-order valence-electron chi connectivity index (χ0n) is 11.8. The predicted molar refractivity (Wildman–Crippen MR) is 75.7 cm³/mol. The van der Waals surface area contributed by atoms with Gasteiger partial charge in [0.15, 0.2) is 0 Å². The third-order valence-electron chi connectivity index (χ3n) is 2.46. The highest BCUT2D eigenvalue weighted by Crippen LogP contribution is 2.14. The van der Waals surface area contributed by atoms with E-state index in [1.165, 1.54) is 23.3 Å². The molecule has 0 unspecified atom stereocenters. The third-order valence-corrected chi connectivity index (χ3v) is 3.46. The summed E-state index contributed by atoms with van der Waals surface area (Å²) in [6.07, 6.45) is 0. The van der Waals surface area contributed by atoms with Gasteiger partial charge in [-0.15, -0.1) is 11.3 Å². The van der Waals surface area contributed by atoms with E-state index in [9.17, 15) is 14.4 Å². The number of likely N-dealkylation sites (N-methyl/N-ethyl adjacent to an activating group) is 1. The normalized spacial score (nSPS) is 9.95. The Bertz CT molecular complexity index is 498. The van der Waals surface area contributed by atoms with E-state index in [2.05, 4.69) is 5.32 Å². The van der Waals surface area contributed by atoms with Crippen LogP contribution >= 0.6 is 11.3 Å². The van der Waals surface area contributed by atoms with E-state index in [1.807, 2.05) is 13.0 Å². The highest BCUT2D eigenvalue weighted by Gasteiger charge is 2.15. The molecule has 0 bridgehead atoms. The lowest BCUT2D eigenvalue weighted by Gasteiger charge is -2.16. The number of thiophene rings is 1. The summed E-state index contributed by atoms with van der Waals surface area (Å²) in [4.78, 5) is 37.5. The quantitative estimate of drug-likeness (QED) is 0.789. The number of carbonyl (C=O) groups excluding carboxylic acids is 3. The number of aryl methyl sites for hydroxylation is 1. The smallest absolute Gasteiger partial charge is 0.325 e. The van der Waals surface area contributed by atoms with Crippen molar-refractivity contribution in [3.8, 4) is 0 Å². The number of rotatable bonds is 6. The molecule has 0 saturated carbocycles. The van der Waals surface area contributed by atoms with Gasteiger partial charge in [-0.25, -0.2) is 0 Å². The van der Waals surface area contributed by atoms with Gasteiger partial charge in [-0.2, -0.15) is 0 Å². The zero-order chi connectivity index (χ0) is 15.1. The first-order valence-electron chi connectivity index (χ1n) is 6.18. The number of nitrogens with one attached hydrogen (secondary N) is 1. The molecule has 1 heterocycles. The number of amides is 2. The Morgan fingerprint density at radius 1 is 1.35 bits per heavy atom. The van der Waals surface area contributed by atoms with Crippen molar-refractivity contribution in [1.29, 1.82) is 0 Å². The minimum absolute atomic E-state index is 0.124. The van der Waals surface area contributed by atoms with Gasteiger partial charge in [0.25, 0.3) is 5.91 Å². The lowest BCUT2D eigenvalue weighted by Crippen LogP contribution is -2.40. The summed E-state index contributed by atoms with van der Waals surface area (Å²) >= 11 is 1.36. The average molecular weight is 298 g/mol. The first-order valence-corrected chi connectivity index (χ1v) is 7.00. The maximum Gasteiger partial charge on any atom is 0.325 e. The van der Waals surface area contributed by atoms with Crippen LogP contribution in [0, 0.1) is 6.92 Å². The molecule has 20 heavy (non-hydrogen) atoms. The second-order valence-electron chi connectivity index (χ2n) is 4.15. The molecule has 1 aromatic heterocycles. The fraction of sp³-hybridized carbons (Fsp3) is 0.462. The Balaban J connectivity index is 2.39. The van der Waals surface area contributed by atoms with Crippen molar-refractivity contribution in [1.82, 2.24) is 10.2 Å². The van der Waals surface area contributed by atoms with Gasteiger partial charge in [-0.3, -0.25) is 14.4 Å². The SMILES string of the molecule is CCOC(=O)CN(C)C(=O)CNC(=O)c1ccc(C)s1. The molecule has 1 aromatic rings. The fourth-order valence-corrected chi connectivity index (χ4v) is 2.21. The Hall–Kier alpha value is -1.89. The molecule has 0 aliphatic carbocycles. The van der Waals surface area contributed by atoms with E-state index in [4.69, 9.17) is 4.74 Å². The van der Waals surface area contributed by atoms with Crippen LogP contribution in [0.1, 0.15) is 21.5 Å². The van der Waals surface area contributed by atoms with Gasteiger partial charge in [0.1, 0.15) is 6.54 Å². The monoisotopic (exact) mass is 298 g/mol. The number of hydrogen-bond acceptors (Lipinski definition) is 5. The molecule has 0 aromatic carbocycles. The van der Waals surface area contributed by atoms with Crippen LogP contribution < -0.4 is 5.32 Å². The number of esters is 1. The van der Waals surface area contributed by atoms with Crippen molar-refractivity contribution in [2.75, 3.05) is 26.7 Å². The van der Waals surface area contributed by atoms with Crippen LogP contribution in [0.25, 0.3) is 0 Å².